The minimum atomic E-state index is -4.22. The van der Waals surface area contributed by atoms with Crippen LogP contribution in [0.3, 0.4) is 0 Å². The molecular weight excluding hydrogens is 313 g/mol. The molecule has 1 heterocycles. The minimum Gasteiger partial charge on any atom is -0.497 e. The molecule has 0 amide bonds. The Hall–Kier alpha value is -2.42. The predicted molar refractivity (Wildman–Crippen MR) is 76.7 cm³/mol. The Morgan fingerprint density at radius 2 is 1.82 bits per heavy atom. The number of rotatable bonds is 3. The Labute approximate surface area is 126 Å². The molecule has 0 bridgehead atoms. The summed E-state index contributed by atoms with van der Waals surface area (Å²) in [6.07, 6.45) is 0.615. The zero-order chi connectivity index (χ0) is 16.5. The summed E-state index contributed by atoms with van der Waals surface area (Å²) in [4.78, 5) is 15.6. The third-order valence-corrected chi connectivity index (χ3v) is 4.71. The highest BCUT2D eigenvalue weighted by molar-refractivity contribution is 7.90. The first-order chi connectivity index (χ1) is 10.3. The Morgan fingerprint density at radius 3 is 2.32 bits per heavy atom. The summed E-state index contributed by atoms with van der Waals surface area (Å²) < 4.78 is 45.0. The fraction of sp³-hybridized carbons (Fsp3) is 0.231. The molecule has 7 nitrogen and oxygen atoms in total. The second-order valence-corrected chi connectivity index (χ2v) is 6.16. The number of methoxy groups -OCH3 is 1. The summed E-state index contributed by atoms with van der Waals surface area (Å²) in [5.41, 5.74) is -1.15. The summed E-state index contributed by atoms with van der Waals surface area (Å²) in [6.45, 7) is 0. The molecule has 22 heavy (non-hydrogen) atoms. The summed E-state index contributed by atoms with van der Waals surface area (Å²) >= 11 is 0. The number of benzene rings is 1. The van der Waals surface area contributed by atoms with Crippen molar-refractivity contribution in [2.75, 3.05) is 14.2 Å². The normalized spacial score (nSPS) is 12.5. The first-order valence-electron chi connectivity index (χ1n) is 6.13. The van der Waals surface area contributed by atoms with Gasteiger partial charge in [0.1, 0.15) is 5.75 Å². The van der Waals surface area contributed by atoms with Gasteiger partial charge in [-0.1, -0.05) is 0 Å². The standard InChI is InChI=1S/C13H14FN3O4S/c1-15-12-11(14)8-17(13(18)16(12)2)22(19,20)10-6-4-9(21-3)5-7-10/h4-8H,1-3H3. The van der Waals surface area contributed by atoms with Gasteiger partial charge in [0.05, 0.1) is 18.2 Å². The van der Waals surface area contributed by atoms with Crippen molar-refractivity contribution in [3.8, 4) is 5.75 Å². The number of nitrogens with zero attached hydrogens (tertiary/aromatic N) is 3. The summed E-state index contributed by atoms with van der Waals surface area (Å²) in [7, 11) is -0.228. The first-order valence-corrected chi connectivity index (χ1v) is 7.57. The van der Waals surface area contributed by atoms with Crippen molar-refractivity contribution in [2.24, 2.45) is 12.0 Å². The van der Waals surface area contributed by atoms with Gasteiger partial charge in [-0.15, -0.1) is 0 Å². The molecule has 1 aromatic carbocycles. The van der Waals surface area contributed by atoms with Crippen molar-refractivity contribution in [3.63, 3.8) is 0 Å². The largest absolute Gasteiger partial charge is 0.497 e. The van der Waals surface area contributed by atoms with Gasteiger partial charge in [0.2, 0.25) is 0 Å². The topological polar surface area (TPSA) is 82.7 Å². The van der Waals surface area contributed by atoms with Crippen LogP contribution in [0.1, 0.15) is 0 Å². The van der Waals surface area contributed by atoms with Gasteiger partial charge in [-0.05, 0) is 24.3 Å². The van der Waals surface area contributed by atoms with Crippen LogP contribution in [0.2, 0.25) is 0 Å². The highest BCUT2D eigenvalue weighted by Crippen LogP contribution is 2.17. The third-order valence-electron chi connectivity index (χ3n) is 3.07. The van der Waals surface area contributed by atoms with Crippen molar-refractivity contribution in [1.29, 1.82) is 0 Å². The number of aromatic nitrogens is 2. The van der Waals surface area contributed by atoms with Crippen LogP contribution >= 0.6 is 0 Å². The molecule has 0 aliphatic heterocycles. The first kappa shape index (κ1) is 16.0. The van der Waals surface area contributed by atoms with Crippen LogP contribution in [0, 0.1) is 5.82 Å². The molecule has 0 aliphatic rings. The van der Waals surface area contributed by atoms with Gasteiger partial charge in [-0.25, -0.2) is 17.6 Å². The Kier molecular flexibility index (Phi) is 4.18. The van der Waals surface area contributed by atoms with Gasteiger partial charge in [0, 0.05) is 14.1 Å². The van der Waals surface area contributed by atoms with Gasteiger partial charge in [0.25, 0.3) is 10.0 Å². The van der Waals surface area contributed by atoms with Crippen LogP contribution in [0.15, 0.2) is 45.1 Å². The average molecular weight is 327 g/mol. The number of ether oxygens (including phenoxy) is 1. The van der Waals surface area contributed by atoms with E-state index < -0.39 is 21.5 Å². The van der Waals surface area contributed by atoms with E-state index in [1.165, 1.54) is 45.5 Å². The Morgan fingerprint density at radius 1 is 1.23 bits per heavy atom. The molecule has 2 aromatic rings. The highest BCUT2D eigenvalue weighted by atomic mass is 32.2. The quantitative estimate of drug-likeness (QED) is 0.801. The molecule has 0 spiro atoms. The van der Waals surface area contributed by atoms with Gasteiger partial charge >= 0.3 is 5.69 Å². The monoisotopic (exact) mass is 327 g/mol. The minimum absolute atomic E-state index is 0.156. The summed E-state index contributed by atoms with van der Waals surface area (Å²) in [5, 5.41) is 0. The molecule has 0 radical (unpaired) electrons. The predicted octanol–water partition coefficient (Wildman–Crippen LogP) is 0.102. The number of hydrogen-bond donors (Lipinski definition) is 0. The van der Waals surface area contributed by atoms with E-state index >= 15 is 0 Å². The average Bonchev–Trinajstić information content (AvgIpc) is 2.51. The molecule has 1 aromatic heterocycles. The van der Waals surface area contributed by atoms with E-state index in [1.54, 1.807) is 0 Å². The Balaban J connectivity index is 2.71. The molecule has 0 unspecified atom stereocenters. The van der Waals surface area contributed by atoms with Crippen molar-refractivity contribution < 1.29 is 17.5 Å². The highest BCUT2D eigenvalue weighted by Gasteiger charge is 2.21. The van der Waals surface area contributed by atoms with Crippen molar-refractivity contribution in [3.05, 3.63) is 52.3 Å². The molecule has 0 saturated heterocycles. The molecule has 2 rings (SSSR count). The van der Waals surface area contributed by atoms with Gasteiger partial charge < -0.3 is 4.74 Å². The molecular formula is C13H14FN3O4S. The smallest absolute Gasteiger partial charge is 0.343 e. The number of halogens is 1. The van der Waals surface area contributed by atoms with Gasteiger partial charge in [0.15, 0.2) is 11.3 Å². The van der Waals surface area contributed by atoms with Crippen LogP contribution in [-0.2, 0) is 17.1 Å². The Bertz CT molecular complexity index is 927. The van der Waals surface area contributed by atoms with E-state index in [1.807, 2.05) is 0 Å². The molecule has 0 atom stereocenters. The molecule has 0 fully saturated rings. The van der Waals surface area contributed by atoms with Gasteiger partial charge in [-0.3, -0.25) is 9.56 Å². The van der Waals surface area contributed by atoms with Crippen molar-refractivity contribution in [2.45, 2.75) is 4.90 Å². The lowest BCUT2D eigenvalue weighted by atomic mass is 10.3. The zero-order valence-electron chi connectivity index (χ0n) is 12.1. The SMILES string of the molecule is CN=c1c(F)cn(S(=O)(=O)c2ccc(OC)cc2)c(=O)n1C. The van der Waals surface area contributed by atoms with E-state index in [0.29, 0.717) is 15.9 Å². The van der Waals surface area contributed by atoms with Crippen molar-refractivity contribution in [1.82, 2.24) is 8.54 Å². The molecule has 0 aliphatic carbocycles. The summed E-state index contributed by atoms with van der Waals surface area (Å²) in [6, 6.07) is 5.42. The van der Waals surface area contributed by atoms with Crippen molar-refractivity contribution >= 4 is 10.0 Å². The van der Waals surface area contributed by atoms with Gasteiger partial charge in [-0.2, -0.15) is 3.97 Å². The fourth-order valence-electron chi connectivity index (χ4n) is 1.90. The van der Waals surface area contributed by atoms with Crippen LogP contribution < -0.4 is 15.9 Å². The molecule has 0 N–H and O–H groups in total. The van der Waals surface area contributed by atoms with E-state index in [9.17, 15) is 17.6 Å². The lowest BCUT2D eigenvalue weighted by molar-refractivity contribution is 0.414. The zero-order valence-corrected chi connectivity index (χ0v) is 13.0. The number of hydrogen-bond acceptors (Lipinski definition) is 5. The van der Waals surface area contributed by atoms with E-state index in [2.05, 4.69) is 4.99 Å². The maximum Gasteiger partial charge on any atom is 0.343 e. The second-order valence-electron chi connectivity index (χ2n) is 4.34. The third kappa shape index (κ3) is 2.54. The maximum atomic E-state index is 13.9. The van der Waals surface area contributed by atoms with Crippen LogP contribution in [0.5, 0.6) is 5.75 Å². The van der Waals surface area contributed by atoms with Crippen LogP contribution in [0.25, 0.3) is 0 Å². The maximum absolute atomic E-state index is 13.9. The second kappa shape index (κ2) is 5.76. The van der Waals surface area contributed by atoms with Crippen LogP contribution in [0.4, 0.5) is 4.39 Å². The van der Waals surface area contributed by atoms with E-state index in [0.717, 1.165) is 4.57 Å². The van der Waals surface area contributed by atoms with E-state index in [4.69, 9.17) is 4.74 Å². The lowest BCUT2D eigenvalue weighted by Crippen LogP contribution is -2.42. The lowest BCUT2D eigenvalue weighted by Gasteiger charge is -2.10. The van der Waals surface area contributed by atoms with Crippen LogP contribution in [-0.4, -0.2) is 31.1 Å². The fourth-order valence-corrected chi connectivity index (χ4v) is 3.17. The summed E-state index contributed by atoms with van der Waals surface area (Å²) in [5.74, 6) is -0.454. The molecule has 118 valence electrons. The molecule has 0 saturated carbocycles. The molecule has 9 heteroatoms. The van der Waals surface area contributed by atoms with E-state index in [-0.39, 0.29) is 10.4 Å².